The highest BCUT2D eigenvalue weighted by Gasteiger charge is 2.39. The van der Waals surface area contributed by atoms with Crippen molar-refractivity contribution in [1.82, 2.24) is 4.98 Å². The predicted molar refractivity (Wildman–Crippen MR) is 94.7 cm³/mol. The Kier molecular flexibility index (Phi) is 4.67. The Bertz CT molecular complexity index is 774. The number of carboxylic acids is 1. The lowest BCUT2D eigenvalue weighted by Crippen LogP contribution is -2.35. The molecule has 24 heavy (non-hydrogen) atoms. The summed E-state index contributed by atoms with van der Waals surface area (Å²) in [6.45, 7) is 2.08. The predicted octanol–water partition coefficient (Wildman–Crippen LogP) is 3.82. The first-order chi connectivity index (χ1) is 11.5. The van der Waals surface area contributed by atoms with Crippen LogP contribution in [0.1, 0.15) is 43.9 Å². The number of aromatic nitrogens is 1. The van der Waals surface area contributed by atoms with E-state index in [1.54, 1.807) is 6.08 Å². The molecule has 126 valence electrons. The molecule has 0 amide bonds. The van der Waals surface area contributed by atoms with Gasteiger partial charge in [-0.05, 0) is 49.8 Å². The molecule has 1 saturated carbocycles. The van der Waals surface area contributed by atoms with Gasteiger partial charge in [-0.15, -0.1) is 0 Å². The third-order valence-electron chi connectivity index (χ3n) is 5.00. The number of aliphatic carboxylic acids is 1. The minimum absolute atomic E-state index is 0.372. The van der Waals surface area contributed by atoms with E-state index >= 15 is 0 Å². The number of benzene rings is 1. The van der Waals surface area contributed by atoms with E-state index < -0.39 is 11.4 Å². The van der Waals surface area contributed by atoms with Crippen LogP contribution in [0.3, 0.4) is 0 Å². The number of aryl methyl sites for hydroxylation is 1. The third-order valence-corrected chi connectivity index (χ3v) is 5.00. The highest BCUT2D eigenvalue weighted by atomic mass is 16.4. The minimum atomic E-state index is -0.868. The van der Waals surface area contributed by atoms with Crippen LogP contribution >= 0.6 is 0 Å². The molecule has 1 aromatic carbocycles. The van der Waals surface area contributed by atoms with Gasteiger partial charge < -0.3 is 10.2 Å². The van der Waals surface area contributed by atoms with Gasteiger partial charge in [0.25, 0.3) is 0 Å². The van der Waals surface area contributed by atoms with Gasteiger partial charge in [-0.1, -0.05) is 37.3 Å². The van der Waals surface area contributed by atoms with E-state index in [-0.39, 0.29) is 6.10 Å². The van der Waals surface area contributed by atoms with Crippen LogP contribution in [0.5, 0.6) is 0 Å². The Morgan fingerprint density at radius 3 is 2.67 bits per heavy atom. The normalized spacial score (nSPS) is 24.5. The maximum atomic E-state index is 11.8. The van der Waals surface area contributed by atoms with Crippen molar-refractivity contribution >= 4 is 22.9 Å². The number of nitrogens with zero attached hydrogens (tertiary/aromatic N) is 1. The maximum absolute atomic E-state index is 11.8. The Labute approximate surface area is 141 Å². The van der Waals surface area contributed by atoms with E-state index in [1.165, 1.54) is 0 Å². The number of aliphatic hydroxyl groups excluding tert-OH is 1. The average Bonchev–Trinajstić information content (AvgIpc) is 2.60. The number of pyridine rings is 1. The lowest BCUT2D eigenvalue weighted by Gasteiger charge is -2.32. The zero-order valence-corrected chi connectivity index (χ0v) is 13.9. The molecule has 3 rings (SSSR count). The number of aliphatic hydroxyl groups is 1. The minimum Gasteiger partial charge on any atom is -0.481 e. The lowest BCUT2D eigenvalue weighted by atomic mass is 9.73. The van der Waals surface area contributed by atoms with Gasteiger partial charge in [0.15, 0.2) is 0 Å². The van der Waals surface area contributed by atoms with Crippen molar-refractivity contribution in [3.8, 4) is 0 Å². The summed E-state index contributed by atoms with van der Waals surface area (Å²) in [5, 5.41) is 20.4. The molecule has 0 bridgehead atoms. The maximum Gasteiger partial charge on any atom is 0.313 e. The molecule has 0 aliphatic heterocycles. The number of hydrogen-bond acceptors (Lipinski definition) is 3. The lowest BCUT2D eigenvalue weighted by molar-refractivity contribution is -0.148. The average molecular weight is 325 g/mol. The summed E-state index contributed by atoms with van der Waals surface area (Å²) in [4.78, 5) is 16.4. The summed E-state index contributed by atoms with van der Waals surface area (Å²) in [6, 6.07) is 10.1. The highest BCUT2D eigenvalue weighted by molar-refractivity contribution is 5.82. The zero-order chi connectivity index (χ0) is 17.2. The summed E-state index contributed by atoms with van der Waals surface area (Å²) in [6.07, 6.45) is 6.23. The fourth-order valence-electron chi connectivity index (χ4n) is 3.30. The Morgan fingerprint density at radius 2 is 2.00 bits per heavy atom. The summed E-state index contributed by atoms with van der Waals surface area (Å²) in [5.74, 6) is -0.808. The van der Waals surface area contributed by atoms with Crippen molar-refractivity contribution in [1.29, 1.82) is 0 Å². The monoisotopic (exact) mass is 325 g/mol. The molecule has 4 heteroatoms. The first-order valence-electron chi connectivity index (χ1n) is 8.53. The van der Waals surface area contributed by atoms with Gasteiger partial charge in [0.05, 0.1) is 17.0 Å². The van der Waals surface area contributed by atoms with Crippen LogP contribution in [0.25, 0.3) is 17.0 Å². The van der Waals surface area contributed by atoms with Crippen LogP contribution in [0.4, 0.5) is 0 Å². The van der Waals surface area contributed by atoms with Crippen LogP contribution in [0, 0.1) is 5.41 Å². The molecule has 1 aliphatic rings. The van der Waals surface area contributed by atoms with Crippen LogP contribution in [0.15, 0.2) is 36.4 Å². The Morgan fingerprint density at radius 1 is 1.29 bits per heavy atom. The van der Waals surface area contributed by atoms with Crippen molar-refractivity contribution in [2.24, 2.45) is 5.41 Å². The fourth-order valence-corrected chi connectivity index (χ4v) is 3.30. The summed E-state index contributed by atoms with van der Waals surface area (Å²) in [5.41, 5.74) is 2.06. The van der Waals surface area contributed by atoms with Crippen molar-refractivity contribution < 1.29 is 15.0 Å². The molecule has 0 atom stereocenters. The van der Waals surface area contributed by atoms with E-state index in [0.717, 1.165) is 28.6 Å². The van der Waals surface area contributed by atoms with E-state index in [2.05, 4.69) is 18.0 Å². The Hall–Kier alpha value is -2.20. The summed E-state index contributed by atoms with van der Waals surface area (Å²) in [7, 11) is 0. The molecule has 0 saturated heterocycles. The second-order valence-corrected chi connectivity index (χ2v) is 6.63. The topological polar surface area (TPSA) is 70.4 Å². The van der Waals surface area contributed by atoms with Crippen molar-refractivity contribution in [2.75, 3.05) is 0 Å². The van der Waals surface area contributed by atoms with Gasteiger partial charge >= 0.3 is 5.97 Å². The van der Waals surface area contributed by atoms with E-state index in [0.29, 0.717) is 25.7 Å². The second-order valence-electron chi connectivity index (χ2n) is 6.63. The van der Waals surface area contributed by atoms with Crippen molar-refractivity contribution in [2.45, 2.75) is 45.1 Å². The van der Waals surface area contributed by atoms with Gasteiger partial charge in [0.1, 0.15) is 0 Å². The van der Waals surface area contributed by atoms with Crippen molar-refractivity contribution in [3.63, 3.8) is 0 Å². The third kappa shape index (κ3) is 3.34. The molecule has 4 nitrogen and oxygen atoms in total. The van der Waals surface area contributed by atoms with Gasteiger partial charge in [-0.3, -0.25) is 9.78 Å². The van der Waals surface area contributed by atoms with Gasteiger partial charge in [-0.25, -0.2) is 0 Å². The highest BCUT2D eigenvalue weighted by Crippen LogP contribution is 2.38. The quantitative estimate of drug-likeness (QED) is 0.896. The zero-order valence-electron chi connectivity index (χ0n) is 13.9. The number of hydrogen-bond donors (Lipinski definition) is 2. The molecule has 1 aliphatic carbocycles. The molecule has 1 fully saturated rings. The number of rotatable bonds is 4. The van der Waals surface area contributed by atoms with Crippen molar-refractivity contribution in [3.05, 3.63) is 47.7 Å². The van der Waals surface area contributed by atoms with Crippen LogP contribution in [0.2, 0.25) is 0 Å². The van der Waals surface area contributed by atoms with Crippen LogP contribution in [-0.4, -0.2) is 27.3 Å². The smallest absolute Gasteiger partial charge is 0.313 e. The first kappa shape index (κ1) is 16.7. The first-order valence-corrected chi connectivity index (χ1v) is 8.53. The number of carboxylic acid groups (broad SMARTS) is 1. The summed E-state index contributed by atoms with van der Waals surface area (Å²) < 4.78 is 0. The summed E-state index contributed by atoms with van der Waals surface area (Å²) >= 11 is 0. The van der Waals surface area contributed by atoms with Gasteiger partial charge in [0.2, 0.25) is 0 Å². The fraction of sp³-hybridized carbons (Fsp3) is 0.400. The molecule has 1 aromatic heterocycles. The van der Waals surface area contributed by atoms with Gasteiger partial charge in [-0.2, -0.15) is 0 Å². The Balaban J connectivity index is 1.89. The van der Waals surface area contributed by atoms with E-state index in [4.69, 9.17) is 0 Å². The molecular formula is C20H23NO3. The van der Waals surface area contributed by atoms with Crippen LogP contribution < -0.4 is 0 Å². The number of fused-ring (bicyclic) bond motifs is 1. The molecule has 2 aromatic rings. The number of carbonyl (C=O) groups is 1. The van der Waals surface area contributed by atoms with Crippen LogP contribution in [-0.2, 0) is 11.2 Å². The largest absolute Gasteiger partial charge is 0.481 e. The molecule has 1 heterocycles. The second kappa shape index (κ2) is 6.73. The molecule has 2 N–H and O–H groups in total. The SMILES string of the molecule is CCc1ccc2ccc(/C=C/C3(C(=O)O)CCC(O)CC3)cc2n1. The van der Waals surface area contributed by atoms with E-state index in [1.807, 2.05) is 30.3 Å². The molecule has 0 unspecified atom stereocenters. The molecular weight excluding hydrogens is 302 g/mol. The van der Waals surface area contributed by atoms with Gasteiger partial charge in [0, 0.05) is 11.1 Å². The standard InChI is InChI=1S/C20H23NO3/c1-2-16-6-5-15-4-3-14(13-18(15)21-16)7-10-20(19(23)24)11-8-17(22)9-12-20/h3-7,10,13,17,22H,2,8-9,11-12H2,1H3,(H,23,24)/b10-7+. The van der Waals surface area contributed by atoms with E-state index in [9.17, 15) is 15.0 Å². The molecule has 0 radical (unpaired) electrons. The molecule has 0 spiro atoms.